The van der Waals surface area contributed by atoms with Gasteiger partial charge < -0.3 is 76.7 Å². The quantitative estimate of drug-likeness (QED) is 0.0454. The van der Waals surface area contributed by atoms with E-state index in [0.717, 1.165) is 43.0 Å². The van der Waals surface area contributed by atoms with E-state index < -0.39 is 128 Å². The van der Waals surface area contributed by atoms with E-state index in [9.17, 15) is 29.1 Å². The van der Waals surface area contributed by atoms with E-state index in [0.29, 0.717) is 5.56 Å². The minimum atomic E-state index is -1.72. The molecule has 21 nitrogen and oxygen atoms in total. The number of aliphatic hydroxyl groups excluding tert-OH is 1. The van der Waals surface area contributed by atoms with Gasteiger partial charge in [-0.15, -0.1) is 0 Å². The second kappa shape index (κ2) is 31.8. The van der Waals surface area contributed by atoms with Gasteiger partial charge in [-0.25, -0.2) is 0 Å². The Labute approximate surface area is 487 Å². The zero-order chi connectivity index (χ0) is 59.4. The molecule has 0 aliphatic carbocycles. The van der Waals surface area contributed by atoms with Crippen molar-refractivity contribution in [3.63, 3.8) is 0 Å². The number of carbonyl (C=O) groups is 5. The standard InChI is InChI=1S/C63H73NO20/c1-39(65)64-52-56(79-43(5)69)53(77-41(3)67)51(38-73-40(2)66)81-62(52)84-58-55(78-42(4)68)50(37-72-32-45-23-13-7-14-24-45)82-63(60(58)76-35-48-29-19-10-20-30-48)83-54-49(36-71-31-44-21-11-6-12-22-44)80-61(70)59(75-34-47-27-17-9-18-28-47)57(54)74-33-46-25-15-8-16-26-46/h6-30,49-63,70H,31-38H2,1-5H3,(H,64,65)/t49-,50-,51-,52-,53-,54-,55+,56-,57+,58+,59-,60-,61-,62+,63+/m1/s1. The van der Waals surface area contributed by atoms with Crippen molar-refractivity contribution >= 4 is 29.8 Å². The van der Waals surface area contributed by atoms with Crippen LogP contribution in [0.25, 0.3) is 0 Å². The van der Waals surface area contributed by atoms with Gasteiger partial charge in [0.1, 0.15) is 61.5 Å². The molecule has 5 aromatic rings. The Morgan fingerprint density at radius 2 is 0.762 bits per heavy atom. The first kappa shape index (κ1) is 63.0. The maximum absolute atomic E-state index is 13.5. The molecule has 3 saturated heterocycles. The third-order valence-electron chi connectivity index (χ3n) is 13.8. The first-order valence-electron chi connectivity index (χ1n) is 27.8. The highest BCUT2D eigenvalue weighted by atomic mass is 16.8. The number of hydrogen-bond donors (Lipinski definition) is 2. The third kappa shape index (κ3) is 18.5. The van der Waals surface area contributed by atoms with Crippen LogP contribution in [0, 0.1) is 0 Å². The van der Waals surface area contributed by atoms with Gasteiger partial charge >= 0.3 is 23.9 Å². The lowest BCUT2D eigenvalue weighted by Crippen LogP contribution is -2.70. The molecule has 0 bridgehead atoms. The van der Waals surface area contributed by atoms with E-state index in [1.165, 1.54) is 13.8 Å². The molecule has 3 heterocycles. The molecule has 84 heavy (non-hydrogen) atoms. The summed E-state index contributed by atoms with van der Waals surface area (Å²) in [6.45, 7) is 4.99. The molecule has 1 amide bonds. The normalized spacial score (nSPS) is 27.6. The van der Waals surface area contributed by atoms with Gasteiger partial charge in [0.15, 0.2) is 37.2 Å². The summed E-state index contributed by atoms with van der Waals surface area (Å²) < 4.78 is 90.8. The van der Waals surface area contributed by atoms with Gasteiger partial charge in [-0.1, -0.05) is 152 Å². The summed E-state index contributed by atoms with van der Waals surface area (Å²) in [4.78, 5) is 65.0. The largest absolute Gasteiger partial charge is 0.463 e. The molecule has 0 saturated carbocycles. The van der Waals surface area contributed by atoms with Gasteiger partial charge in [0.25, 0.3) is 0 Å². The summed E-state index contributed by atoms with van der Waals surface area (Å²) in [5.74, 6) is -3.79. The van der Waals surface area contributed by atoms with E-state index in [1.807, 2.05) is 152 Å². The Balaban J connectivity index is 1.26. The molecular weight excluding hydrogens is 1090 g/mol. The van der Waals surface area contributed by atoms with Crippen molar-refractivity contribution in [1.29, 1.82) is 0 Å². The smallest absolute Gasteiger partial charge is 0.303 e. The molecule has 3 fully saturated rings. The fourth-order valence-electron chi connectivity index (χ4n) is 10.1. The van der Waals surface area contributed by atoms with Gasteiger partial charge in [-0.3, -0.25) is 24.0 Å². The monoisotopic (exact) mass is 1160 g/mol. The number of esters is 4. The molecule has 0 aromatic heterocycles. The lowest BCUT2D eigenvalue weighted by molar-refractivity contribution is -0.383. The Hall–Kier alpha value is -6.99. The predicted molar refractivity (Wildman–Crippen MR) is 296 cm³/mol. The molecule has 3 aliphatic rings. The summed E-state index contributed by atoms with van der Waals surface area (Å²) in [6.07, 6.45) is -19.8. The van der Waals surface area contributed by atoms with Gasteiger partial charge in [-0.05, 0) is 27.8 Å². The minimum Gasteiger partial charge on any atom is -0.463 e. The number of aliphatic hydroxyl groups is 1. The number of nitrogens with one attached hydrogen (secondary N) is 1. The molecule has 3 aliphatic heterocycles. The number of amides is 1. The van der Waals surface area contributed by atoms with Crippen LogP contribution in [0.5, 0.6) is 0 Å². The van der Waals surface area contributed by atoms with Crippen LogP contribution in [0.15, 0.2) is 152 Å². The summed E-state index contributed by atoms with van der Waals surface area (Å²) in [5, 5.41) is 14.8. The second-order valence-electron chi connectivity index (χ2n) is 20.4. The fraction of sp³-hybridized carbons (Fsp3) is 0.444. The van der Waals surface area contributed by atoms with E-state index in [1.54, 1.807) is 0 Å². The zero-order valence-corrected chi connectivity index (χ0v) is 47.5. The number of rotatable bonds is 27. The molecule has 2 N–H and O–H groups in total. The number of ether oxygens (including phenoxy) is 14. The number of hydrogen-bond acceptors (Lipinski definition) is 20. The number of benzene rings is 5. The van der Waals surface area contributed by atoms with Gasteiger partial charge in [0, 0.05) is 34.6 Å². The lowest BCUT2D eigenvalue weighted by Gasteiger charge is -2.51. The maximum Gasteiger partial charge on any atom is 0.303 e. The molecule has 0 spiro atoms. The van der Waals surface area contributed by atoms with Crippen molar-refractivity contribution in [3.8, 4) is 0 Å². The summed E-state index contributed by atoms with van der Waals surface area (Å²) in [5.41, 5.74) is 3.94. The first-order chi connectivity index (χ1) is 40.7. The summed E-state index contributed by atoms with van der Waals surface area (Å²) in [6, 6.07) is 45.2. The SMILES string of the molecule is CC(=O)N[C@H]1[C@H](O[C@H]2[C@@H](OC(C)=O)[C@@H](COCc3ccccc3)O[C@@H](O[C@H]3[C@H](OCc4ccccc4)[C@@H](OCc4ccccc4)[C@H](O)O[C@@H]3COCc3ccccc3)[C@@H]2OCc2ccccc2)O[C@H](COC(C)=O)[C@@H](OC(C)=O)[C@@H]1OC(C)=O. The van der Waals surface area contributed by atoms with Crippen molar-refractivity contribution in [2.75, 3.05) is 19.8 Å². The third-order valence-corrected chi connectivity index (χ3v) is 13.8. The minimum absolute atomic E-state index is 0.0203. The van der Waals surface area contributed by atoms with Crippen molar-refractivity contribution in [3.05, 3.63) is 179 Å². The average Bonchev–Trinajstić information content (AvgIpc) is 1.51. The van der Waals surface area contributed by atoms with E-state index in [-0.39, 0.29) is 46.2 Å². The molecule has 5 aromatic carbocycles. The van der Waals surface area contributed by atoms with E-state index in [4.69, 9.17) is 66.3 Å². The molecule has 8 rings (SSSR count). The molecule has 21 heteroatoms. The molecular formula is C63H73NO20. The predicted octanol–water partition coefficient (Wildman–Crippen LogP) is 5.98. The molecule has 0 radical (unpaired) electrons. The van der Waals surface area contributed by atoms with Crippen molar-refractivity contribution < 1.29 is 95.4 Å². The first-order valence-corrected chi connectivity index (χ1v) is 27.8. The highest BCUT2D eigenvalue weighted by molar-refractivity contribution is 5.74. The zero-order valence-electron chi connectivity index (χ0n) is 47.5. The van der Waals surface area contributed by atoms with Crippen molar-refractivity contribution in [2.24, 2.45) is 0 Å². The van der Waals surface area contributed by atoms with Crippen LogP contribution in [0.2, 0.25) is 0 Å². The van der Waals surface area contributed by atoms with Crippen molar-refractivity contribution in [1.82, 2.24) is 5.32 Å². The Kier molecular flexibility index (Phi) is 23.8. The van der Waals surface area contributed by atoms with Gasteiger partial charge in [0.2, 0.25) is 5.91 Å². The Morgan fingerprint density at radius 1 is 0.393 bits per heavy atom. The maximum atomic E-state index is 13.5. The molecule has 0 unspecified atom stereocenters. The van der Waals surface area contributed by atoms with Crippen LogP contribution in [-0.4, -0.2) is 147 Å². The van der Waals surface area contributed by atoms with Crippen LogP contribution in [0.1, 0.15) is 62.4 Å². The second-order valence-corrected chi connectivity index (χ2v) is 20.4. The topological polar surface area (TPSA) is 247 Å². The Bertz CT molecular complexity index is 2820. The molecule has 15 atom stereocenters. The lowest BCUT2D eigenvalue weighted by atomic mass is 9.94. The number of carbonyl (C=O) groups excluding carboxylic acids is 5. The average molecular weight is 1160 g/mol. The summed E-state index contributed by atoms with van der Waals surface area (Å²) in [7, 11) is 0. The van der Waals surface area contributed by atoms with Gasteiger partial charge in [-0.2, -0.15) is 0 Å². The van der Waals surface area contributed by atoms with Crippen LogP contribution in [-0.2, 0) is 123 Å². The van der Waals surface area contributed by atoms with Crippen molar-refractivity contribution in [2.45, 2.75) is 160 Å². The fourth-order valence-corrected chi connectivity index (χ4v) is 10.1. The van der Waals surface area contributed by atoms with Crippen LogP contribution >= 0.6 is 0 Å². The van der Waals surface area contributed by atoms with Crippen LogP contribution < -0.4 is 5.32 Å². The van der Waals surface area contributed by atoms with Crippen LogP contribution in [0.3, 0.4) is 0 Å². The van der Waals surface area contributed by atoms with E-state index >= 15 is 0 Å². The van der Waals surface area contributed by atoms with Gasteiger partial charge in [0.05, 0.1) is 46.2 Å². The highest BCUT2D eigenvalue weighted by Crippen LogP contribution is 2.38. The van der Waals surface area contributed by atoms with Crippen LogP contribution in [0.4, 0.5) is 0 Å². The highest BCUT2D eigenvalue weighted by Gasteiger charge is 2.58. The van der Waals surface area contributed by atoms with E-state index in [2.05, 4.69) is 5.32 Å². The Morgan fingerprint density at radius 3 is 1.20 bits per heavy atom. The molecule has 450 valence electrons. The summed E-state index contributed by atoms with van der Waals surface area (Å²) >= 11 is 0.